The Balaban J connectivity index is 1.63. The number of thiocarbonyl (C=S) groups is 1. The second-order valence-electron chi connectivity index (χ2n) is 6.34. The summed E-state index contributed by atoms with van der Waals surface area (Å²) in [5.74, 6) is 0. The Bertz CT molecular complexity index is 547. The first-order valence-corrected chi connectivity index (χ1v) is 8.95. The van der Waals surface area contributed by atoms with E-state index in [4.69, 9.17) is 12.2 Å². The summed E-state index contributed by atoms with van der Waals surface area (Å²) in [5, 5.41) is 8.69. The SMILES string of the molecule is S=C(N/N=C1\CCCCc2ccccc21)NC1CCCCC1. The van der Waals surface area contributed by atoms with Crippen LogP contribution in [0.2, 0.25) is 0 Å². The Morgan fingerprint density at radius 3 is 2.64 bits per heavy atom. The predicted molar refractivity (Wildman–Crippen MR) is 96.3 cm³/mol. The Hall–Kier alpha value is -1.42. The molecule has 0 aliphatic heterocycles. The van der Waals surface area contributed by atoms with Crippen molar-refractivity contribution in [2.75, 3.05) is 0 Å². The molecule has 0 bridgehead atoms. The summed E-state index contributed by atoms with van der Waals surface area (Å²) in [7, 11) is 0. The van der Waals surface area contributed by atoms with Crippen LogP contribution in [0.15, 0.2) is 29.4 Å². The van der Waals surface area contributed by atoms with Crippen LogP contribution in [0.25, 0.3) is 0 Å². The van der Waals surface area contributed by atoms with E-state index in [1.165, 1.54) is 56.1 Å². The molecule has 2 N–H and O–H groups in total. The molecule has 0 atom stereocenters. The van der Waals surface area contributed by atoms with Crippen molar-refractivity contribution in [2.24, 2.45) is 5.10 Å². The van der Waals surface area contributed by atoms with E-state index in [1.807, 2.05) is 0 Å². The Kier molecular flexibility index (Phi) is 5.43. The molecule has 1 aromatic rings. The molecule has 0 unspecified atom stereocenters. The van der Waals surface area contributed by atoms with Gasteiger partial charge in [0, 0.05) is 11.6 Å². The maximum atomic E-state index is 5.41. The van der Waals surface area contributed by atoms with Crippen LogP contribution in [0.3, 0.4) is 0 Å². The summed E-state index contributed by atoms with van der Waals surface area (Å²) in [6, 6.07) is 9.13. The van der Waals surface area contributed by atoms with Crippen LogP contribution in [0.1, 0.15) is 62.5 Å². The minimum atomic E-state index is 0.523. The van der Waals surface area contributed by atoms with E-state index in [2.05, 4.69) is 40.1 Å². The van der Waals surface area contributed by atoms with Gasteiger partial charge < -0.3 is 5.32 Å². The van der Waals surface area contributed by atoms with Gasteiger partial charge in [-0.25, -0.2) is 0 Å². The minimum absolute atomic E-state index is 0.523. The number of benzene rings is 1. The molecule has 3 rings (SSSR count). The zero-order chi connectivity index (χ0) is 15.2. The van der Waals surface area contributed by atoms with Crippen molar-refractivity contribution >= 4 is 23.0 Å². The van der Waals surface area contributed by atoms with Crippen LogP contribution in [0.5, 0.6) is 0 Å². The zero-order valence-corrected chi connectivity index (χ0v) is 13.9. The maximum absolute atomic E-state index is 5.41. The molecule has 2 aliphatic carbocycles. The highest BCUT2D eigenvalue weighted by Gasteiger charge is 2.15. The van der Waals surface area contributed by atoms with Crippen LogP contribution in [0.4, 0.5) is 0 Å². The molecule has 0 spiro atoms. The lowest BCUT2D eigenvalue weighted by Crippen LogP contribution is -2.41. The summed E-state index contributed by atoms with van der Waals surface area (Å²) < 4.78 is 0. The molecule has 0 saturated heterocycles. The molecule has 22 heavy (non-hydrogen) atoms. The normalized spacial score (nSPS) is 21.0. The molecule has 0 aromatic heterocycles. The lowest BCUT2D eigenvalue weighted by Gasteiger charge is -2.23. The van der Waals surface area contributed by atoms with Crippen LogP contribution in [-0.4, -0.2) is 16.9 Å². The van der Waals surface area contributed by atoms with Crippen molar-refractivity contribution < 1.29 is 0 Å². The van der Waals surface area contributed by atoms with E-state index in [9.17, 15) is 0 Å². The number of hydrazone groups is 1. The molecule has 0 heterocycles. The van der Waals surface area contributed by atoms with E-state index in [1.54, 1.807) is 0 Å². The first kappa shape index (κ1) is 15.5. The van der Waals surface area contributed by atoms with Gasteiger partial charge in [0.15, 0.2) is 5.11 Å². The number of hydrogen-bond acceptors (Lipinski definition) is 2. The van der Waals surface area contributed by atoms with Crippen LogP contribution in [-0.2, 0) is 6.42 Å². The van der Waals surface area contributed by atoms with Gasteiger partial charge in [-0.05, 0) is 56.3 Å². The molecule has 1 aromatic carbocycles. The Labute approximate surface area is 138 Å². The first-order valence-electron chi connectivity index (χ1n) is 8.54. The van der Waals surface area contributed by atoms with Crippen LogP contribution in [0, 0.1) is 0 Å². The van der Waals surface area contributed by atoms with E-state index < -0.39 is 0 Å². The molecule has 1 saturated carbocycles. The Morgan fingerprint density at radius 2 is 1.77 bits per heavy atom. The van der Waals surface area contributed by atoms with Crippen LogP contribution >= 0.6 is 12.2 Å². The van der Waals surface area contributed by atoms with Crippen molar-refractivity contribution in [3.63, 3.8) is 0 Å². The maximum Gasteiger partial charge on any atom is 0.187 e. The molecule has 3 nitrogen and oxygen atoms in total. The molecular weight excluding hydrogens is 290 g/mol. The van der Waals surface area contributed by atoms with Gasteiger partial charge in [0.25, 0.3) is 0 Å². The first-order chi connectivity index (χ1) is 10.8. The summed E-state index contributed by atoms with van der Waals surface area (Å²) in [5.41, 5.74) is 6.91. The van der Waals surface area contributed by atoms with Gasteiger partial charge in [-0.2, -0.15) is 5.10 Å². The lowest BCUT2D eigenvalue weighted by atomic mass is 9.96. The van der Waals surface area contributed by atoms with Crippen molar-refractivity contribution in [3.05, 3.63) is 35.4 Å². The molecule has 1 fully saturated rings. The highest BCUT2D eigenvalue weighted by atomic mass is 32.1. The standard InChI is InChI=1S/C18H25N3S/c22-18(19-15-10-2-1-3-11-15)21-20-17-13-7-5-9-14-8-4-6-12-16(14)17/h4,6,8,12,15H,1-3,5,7,9-11,13H2,(H2,19,21,22)/b20-17+. The molecule has 118 valence electrons. The van der Waals surface area contributed by atoms with Gasteiger partial charge in [-0.15, -0.1) is 0 Å². The average Bonchev–Trinajstić information content (AvgIpc) is 2.76. The fourth-order valence-corrected chi connectivity index (χ4v) is 3.67. The van der Waals surface area contributed by atoms with Crippen molar-refractivity contribution in [1.29, 1.82) is 0 Å². The number of rotatable bonds is 2. The van der Waals surface area contributed by atoms with Gasteiger partial charge in [0.1, 0.15) is 0 Å². The fourth-order valence-electron chi connectivity index (χ4n) is 3.46. The molecule has 0 amide bonds. The number of fused-ring (bicyclic) bond motifs is 1. The third kappa shape index (κ3) is 4.07. The summed E-state index contributed by atoms with van der Waals surface area (Å²) in [6.45, 7) is 0. The summed E-state index contributed by atoms with van der Waals surface area (Å²) >= 11 is 5.41. The van der Waals surface area contributed by atoms with Crippen LogP contribution < -0.4 is 10.7 Å². The highest BCUT2D eigenvalue weighted by Crippen LogP contribution is 2.21. The second-order valence-corrected chi connectivity index (χ2v) is 6.75. The molecule has 4 heteroatoms. The smallest absolute Gasteiger partial charge is 0.187 e. The van der Waals surface area contributed by atoms with E-state index in [0.717, 1.165) is 18.6 Å². The van der Waals surface area contributed by atoms with Crippen molar-refractivity contribution in [1.82, 2.24) is 10.7 Å². The van der Waals surface area contributed by atoms with Gasteiger partial charge in [0.05, 0.1) is 5.71 Å². The van der Waals surface area contributed by atoms with Gasteiger partial charge in [-0.1, -0.05) is 43.5 Å². The minimum Gasteiger partial charge on any atom is -0.359 e. The molecular formula is C18H25N3S. The second kappa shape index (κ2) is 7.73. The van der Waals surface area contributed by atoms with Gasteiger partial charge in [0.2, 0.25) is 0 Å². The van der Waals surface area contributed by atoms with E-state index in [-0.39, 0.29) is 0 Å². The monoisotopic (exact) mass is 315 g/mol. The van der Waals surface area contributed by atoms with Crippen molar-refractivity contribution in [2.45, 2.75) is 63.8 Å². The highest BCUT2D eigenvalue weighted by molar-refractivity contribution is 7.80. The van der Waals surface area contributed by atoms with Gasteiger partial charge >= 0.3 is 0 Å². The third-order valence-electron chi connectivity index (χ3n) is 4.67. The Morgan fingerprint density at radius 1 is 1.00 bits per heavy atom. The predicted octanol–water partition coefficient (Wildman–Crippen LogP) is 3.91. The fraction of sp³-hybridized carbons (Fsp3) is 0.556. The average molecular weight is 315 g/mol. The van der Waals surface area contributed by atoms with Gasteiger partial charge in [-0.3, -0.25) is 5.43 Å². The summed E-state index contributed by atoms with van der Waals surface area (Å²) in [4.78, 5) is 0. The number of nitrogens with one attached hydrogen (secondary N) is 2. The van der Waals surface area contributed by atoms with E-state index >= 15 is 0 Å². The zero-order valence-electron chi connectivity index (χ0n) is 13.1. The largest absolute Gasteiger partial charge is 0.359 e. The quantitative estimate of drug-likeness (QED) is 0.493. The van der Waals surface area contributed by atoms with Crippen molar-refractivity contribution in [3.8, 4) is 0 Å². The van der Waals surface area contributed by atoms with E-state index in [0.29, 0.717) is 11.2 Å². The third-order valence-corrected chi connectivity index (χ3v) is 4.88. The number of hydrogen-bond donors (Lipinski definition) is 2. The number of aryl methyl sites for hydroxylation is 1. The molecule has 0 radical (unpaired) electrons. The lowest BCUT2D eigenvalue weighted by molar-refractivity contribution is 0.412. The molecule has 2 aliphatic rings. The topological polar surface area (TPSA) is 36.4 Å². The summed E-state index contributed by atoms with van der Waals surface area (Å²) in [6.07, 6.45) is 11.0. The number of nitrogens with zero attached hydrogens (tertiary/aromatic N) is 1.